The van der Waals surface area contributed by atoms with E-state index in [9.17, 15) is 4.39 Å². The Bertz CT molecular complexity index is 471. The SMILES string of the molecule is CCC(Br)c1nnc(-c2ccc(F)cn2)o1. The molecule has 84 valence electrons. The van der Waals surface area contributed by atoms with Crippen molar-refractivity contribution in [3.8, 4) is 11.6 Å². The van der Waals surface area contributed by atoms with E-state index in [4.69, 9.17) is 4.42 Å². The molecule has 0 amide bonds. The van der Waals surface area contributed by atoms with E-state index in [1.165, 1.54) is 12.1 Å². The molecule has 2 rings (SSSR count). The van der Waals surface area contributed by atoms with Crippen molar-refractivity contribution < 1.29 is 8.81 Å². The summed E-state index contributed by atoms with van der Waals surface area (Å²) in [4.78, 5) is 3.90. The van der Waals surface area contributed by atoms with Crippen molar-refractivity contribution in [1.82, 2.24) is 15.2 Å². The normalized spacial score (nSPS) is 12.7. The Morgan fingerprint density at radius 1 is 1.44 bits per heavy atom. The third-order valence-electron chi connectivity index (χ3n) is 2.01. The van der Waals surface area contributed by atoms with Crippen LogP contribution in [0.1, 0.15) is 24.1 Å². The van der Waals surface area contributed by atoms with Gasteiger partial charge in [0.1, 0.15) is 11.5 Å². The average Bonchev–Trinajstić information content (AvgIpc) is 2.78. The monoisotopic (exact) mass is 285 g/mol. The third kappa shape index (κ3) is 2.27. The van der Waals surface area contributed by atoms with Gasteiger partial charge in [0.05, 0.1) is 11.0 Å². The second-order valence-electron chi connectivity index (χ2n) is 3.18. The van der Waals surface area contributed by atoms with E-state index < -0.39 is 5.82 Å². The molecule has 1 unspecified atom stereocenters. The predicted octanol–water partition coefficient (Wildman–Crippen LogP) is 3.12. The van der Waals surface area contributed by atoms with Crippen LogP contribution >= 0.6 is 15.9 Å². The number of halogens is 2. The van der Waals surface area contributed by atoms with Gasteiger partial charge in [0, 0.05) is 0 Å². The molecule has 0 aromatic carbocycles. The van der Waals surface area contributed by atoms with Crippen LogP contribution in [0.3, 0.4) is 0 Å². The van der Waals surface area contributed by atoms with Gasteiger partial charge < -0.3 is 4.42 Å². The molecule has 0 aliphatic heterocycles. The zero-order valence-electron chi connectivity index (χ0n) is 8.52. The highest BCUT2D eigenvalue weighted by Gasteiger charge is 2.15. The summed E-state index contributed by atoms with van der Waals surface area (Å²) in [5.41, 5.74) is 0.468. The number of hydrogen-bond donors (Lipinski definition) is 0. The van der Waals surface area contributed by atoms with Crippen molar-refractivity contribution in [2.45, 2.75) is 18.2 Å². The van der Waals surface area contributed by atoms with Gasteiger partial charge in [0.15, 0.2) is 0 Å². The summed E-state index contributed by atoms with van der Waals surface area (Å²) < 4.78 is 18.1. The van der Waals surface area contributed by atoms with Crippen LogP contribution in [-0.4, -0.2) is 15.2 Å². The topological polar surface area (TPSA) is 51.8 Å². The van der Waals surface area contributed by atoms with Crippen LogP contribution in [0.5, 0.6) is 0 Å². The lowest BCUT2D eigenvalue weighted by atomic mass is 10.3. The Morgan fingerprint density at radius 3 is 2.88 bits per heavy atom. The van der Waals surface area contributed by atoms with E-state index in [-0.39, 0.29) is 4.83 Å². The first-order valence-electron chi connectivity index (χ1n) is 4.80. The number of aromatic nitrogens is 3. The maximum absolute atomic E-state index is 12.7. The van der Waals surface area contributed by atoms with Gasteiger partial charge in [-0.15, -0.1) is 10.2 Å². The first kappa shape index (κ1) is 11.2. The first-order chi connectivity index (χ1) is 7.70. The van der Waals surface area contributed by atoms with E-state index in [0.717, 1.165) is 12.6 Å². The van der Waals surface area contributed by atoms with Crippen molar-refractivity contribution in [2.24, 2.45) is 0 Å². The second kappa shape index (κ2) is 4.69. The number of alkyl halides is 1. The van der Waals surface area contributed by atoms with E-state index in [2.05, 4.69) is 31.1 Å². The molecule has 1 atom stereocenters. The predicted molar refractivity (Wildman–Crippen MR) is 59.4 cm³/mol. The summed E-state index contributed by atoms with van der Waals surface area (Å²) in [5.74, 6) is 0.409. The molecule has 0 fully saturated rings. The molecule has 2 aromatic heterocycles. The molecular weight excluding hydrogens is 277 g/mol. The summed E-state index contributed by atoms with van der Waals surface area (Å²) in [5, 5.41) is 7.74. The summed E-state index contributed by atoms with van der Waals surface area (Å²) in [6, 6.07) is 2.81. The minimum absolute atomic E-state index is 0.0363. The maximum atomic E-state index is 12.7. The number of nitrogens with zero attached hydrogens (tertiary/aromatic N) is 3. The Labute approximate surface area is 100 Å². The van der Waals surface area contributed by atoms with Crippen molar-refractivity contribution in [2.75, 3.05) is 0 Å². The minimum atomic E-state index is -0.393. The van der Waals surface area contributed by atoms with Crippen LogP contribution in [-0.2, 0) is 0 Å². The lowest BCUT2D eigenvalue weighted by molar-refractivity contribution is 0.498. The molecule has 0 bridgehead atoms. The van der Waals surface area contributed by atoms with Crippen molar-refractivity contribution in [1.29, 1.82) is 0 Å². The Hall–Kier alpha value is -1.30. The zero-order chi connectivity index (χ0) is 11.5. The lowest BCUT2D eigenvalue weighted by Gasteiger charge is -1.97. The molecule has 0 radical (unpaired) electrons. The smallest absolute Gasteiger partial charge is 0.266 e. The standard InChI is InChI=1S/C10H9BrFN3O/c1-2-7(11)9-14-15-10(16-9)8-4-3-6(12)5-13-8/h3-5,7H,2H2,1H3. The van der Waals surface area contributed by atoms with Gasteiger partial charge in [-0.25, -0.2) is 9.37 Å². The lowest BCUT2D eigenvalue weighted by Crippen LogP contribution is -1.86. The fraction of sp³-hybridized carbons (Fsp3) is 0.300. The maximum Gasteiger partial charge on any atom is 0.266 e. The highest BCUT2D eigenvalue weighted by atomic mass is 79.9. The number of rotatable bonds is 3. The molecule has 2 heterocycles. The molecule has 0 saturated heterocycles. The Morgan fingerprint density at radius 2 is 2.25 bits per heavy atom. The van der Waals surface area contributed by atoms with Crippen LogP contribution in [0.25, 0.3) is 11.6 Å². The molecule has 16 heavy (non-hydrogen) atoms. The molecule has 0 spiro atoms. The first-order valence-corrected chi connectivity index (χ1v) is 5.71. The van der Waals surface area contributed by atoms with Crippen LogP contribution in [0, 0.1) is 5.82 Å². The van der Waals surface area contributed by atoms with Gasteiger partial charge in [0.2, 0.25) is 5.89 Å². The van der Waals surface area contributed by atoms with Gasteiger partial charge in [-0.05, 0) is 18.6 Å². The third-order valence-corrected chi connectivity index (χ3v) is 3.05. The molecule has 2 aromatic rings. The van der Waals surface area contributed by atoms with Gasteiger partial charge >= 0.3 is 0 Å². The summed E-state index contributed by atoms with van der Waals surface area (Å²) in [6.07, 6.45) is 1.96. The van der Waals surface area contributed by atoms with Gasteiger partial charge in [-0.3, -0.25) is 0 Å². The minimum Gasteiger partial charge on any atom is -0.418 e. The molecular formula is C10H9BrFN3O. The highest BCUT2D eigenvalue weighted by Crippen LogP contribution is 2.26. The van der Waals surface area contributed by atoms with Crippen LogP contribution < -0.4 is 0 Å². The average molecular weight is 286 g/mol. The summed E-state index contributed by atoms with van der Waals surface area (Å²) in [6.45, 7) is 2.00. The Balaban J connectivity index is 2.28. The number of hydrogen-bond acceptors (Lipinski definition) is 4. The van der Waals surface area contributed by atoms with E-state index in [1.54, 1.807) is 0 Å². The van der Waals surface area contributed by atoms with Gasteiger partial charge in [-0.2, -0.15) is 0 Å². The van der Waals surface area contributed by atoms with Crippen LogP contribution in [0.2, 0.25) is 0 Å². The fourth-order valence-electron chi connectivity index (χ4n) is 1.14. The van der Waals surface area contributed by atoms with Crippen molar-refractivity contribution in [3.63, 3.8) is 0 Å². The zero-order valence-corrected chi connectivity index (χ0v) is 10.1. The van der Waals surface area contributed by atoms with Crippen LogP contribution in [0.4, 0.5) is 4.39 Å². The largest absolute Gasteiger partial charge is 0.418 e. The van der Waals surface area contributed by atoms with E-state index in [0.29, 0.717) is 17.5 Å². The van der Waals surface area contributed by atoms with Crippen LogP contribution in [0.15, 0.2) is 22.7 Å². The highest BCUT2D eigenvalue weighted by molar-refractivity contribution is 9.09. The van der Waals surface area contributed by atoms with Gasteiger partial charge in [-0.1, -0.05) is 22.9 Å². The molecule has 4 nitrogen and oxygen atoms in total. The Kier molecular flexibility index (Phi) is 3.28. The van der Waals surface area contributed by atoms with Crippen molar-refractivity contribution in [3.05, 3.63) is 30.0 Å². The van der Waals surface area contributed by atoms with E-state index in [1.807, 2.05) is 6.92 Å². The quantitative estimate of drug-likeness (QED) is 0.813. The molecule has 6 heteroatoms. The van der Waals surface area contributed by atoms with E-state index >= 15 is 0 Å². The molecule has 0 saturated carbocycles. The summed E-state index contributed by atoms with van der Waals surface area (Å²) in [7, 11) is 0. The number of pyridine rings is 1. The van der Waals surface area contributed by atoms with Crippen molar-refractivity contribution >= 4 is 15.9 Å². The molecule has 0 aliphatic rings. The van der Waals surface area contributed by atoms with Gasteiger partial charge in [0.25, 0.3) is 5.89 Å². The molecule has 0 N–H and O–H groups in total. The summed E-state index contributed by atoms with van der Waals surface area (Å²) >= 11 is 3.41. The fourth-order valence-corrected chi connectivity index (χ4v) is 1.33. The molecule has 0 aliphatic carbocycles. The second-order valence-corrected chi connectivity index (χ2v) is 4.29.